The highest BCUT2D eigenvalue weighted by Crippen LogP contribution is 2.27. The van der Waals surface area contributed by atoms with Crippen LogP contribution in [0.3, 0.4) is 0 Å². The Morgan fingerprint density at radius 2 is 1.87 bits per heavy atom. The predicted molar refractivity (Wildman–Crippen MR) is 92.5 cm³/mol. The number of allylic oxidation sites excluding steroid dienone is 1. The number of methoxy groups -OCH3 is 2. The molecule has 0 spiro atoms. The average Bonchev–Trinajstić information content (AvgIpc) is 2.61. The SMILES string of the molecule is CCc1cccc(NC=CC(=O)c2ccc(OC)c(OC)c2)c1. The molecule has 2 aromatic rings. The van der Waals surface area contributed by atoms with Gasteiger partial charge in [0, 0.05) is 23.5 Å². The van der Waals surface area contributed by atoms with Crippen molar-refractivity contribution in [1.82, 2.24) is 0 Å². The molecule has 4 heteroatoms. The fourth-order valence-electron chi connectivity index (χ4n) is 2.18. The predicted octanol–water partition coefficient (Wildman–Crippen LogP) is 4.07. The van der Waals surface area contributed by atoms with Crippen molar-refractivity contribution in [3.05, 3.63) is 65.9 Å². The van der Waals surface area contributed by atoms with Crippen LogP contribution in [0.15, 0.2) is 54.7 Å². The van der Waals surface area contributed by atoms with Gasteiger partial charge in [-0.25, -0.2) is 0 Å². The zero-order chi connectivity index (χ0) is 16.7. The number of nitrogens with one attached hydrogen (secondary N) is 1. The van der Waals surface area contributed by atoms with Crippen molar-refractivity contribution >= 4 is 11.5 Å². The second-order valence-electron chi connectivity index (χ2n) is 4.97. The number of carbonyl (C=O) groups is 1. The fourth-order valence-corrected chi connectivity index (χ4v) is 2.18. The minimum absolute atomic E-state index is 0.106. The van der Waals surface area contributed by atoms with Crippen molar-refractivity contribution < 1.29 is 14.3 Å². The molecular formula is C19H21NO3. The Morgan fingerprint density at radius 1 is 1.09 bits per heavy atom. The van der Waals surface area contributed by atoms with E-state index in [2.05, 4.69) is 24.4 Å². The molecule has 4 nitrogen and oxygen atoms in total. The van der Waals surface area contributed by atoms with Crippen LogP contribution < -0.4 is 14.8 Å². The molecule has 23 heavy (non-hydrogen) atoms. The Kier molecular flexibility index (Phi) is 5.80. The van der Waals surface area contributed by atoms with Gasteiger partial charge in [0.25, 0.3) is 0 Å². The summed E-state index contributed by atoms with van der Waals surface area (Å²) in [4.78, 5) is 12.2. The van der Waals surface area contributed by atoms with E-state index in [-0.39, 0.29) is 5.78 Å². The van der Waals surface area contributed by atoms with Crippen molar-refractivity contribution in [2.75, 3.05) is 19.5 Å². The molecular weight excluding hydrogens is 290 g/mol. The van der Waals surface area contributed by atoms with E-state index in [1.807, 2.05) is 12.1 Å². The van der Waals surface area contributed by atoms with Crippen LogP contribution in [0.1, 0.15) is 22.8 Å². The first kappa shape index (κ1) is 16.6. The summed E-state index contributed by atoms with van der Waals surface area (Å²) in [5.41, 5.74) is 2.75. The summed E-state index contributed by atoms with van der Waals surface area (Å²) in [5.74, 6) is 1.03. The number of hydrogen-bond donors (Lipinski definition) is 1. The van der Waals surface area contributed by atoms with Crippen LogP contribution in [0.25, 0.3) is 0 Å². The molecule has 2 rings (SSSR count). The molecule has 0 atom stereocenters. The van der Waals surface area contributed by atoms with Crippen molar-refractivity contribution in [2.24, 2.45) is 0 Å². The Labute approximate surface area is 136 Å². The van der Waals surface area contributed by atoms with E-state index in [4.69, 9.17) is 9.47 Å². The Morgan fingerprint density at radius 3 is 2.57 bits per heavy atom. The summed E-state index contributed by atoms with van der Waals surface area (Å²) < 4.78 is 10.4. The smallest absolute Gasteiger partial charge is 0.187 e. The lowest BCUT2D eigenvalue weighted by atomic mass is 10.1. The van der Waals surface area contributed by atoms with E-state index in [0.29, 0.717) is 17.1 Å². The number of benzene rings is 2. The summed E-state index contributed by atoms with van der Waals surface area (Å²) in [6.45, 7) is 2.11. The van der Waals surface area contributed by atoms with Gasteiger partial charge in [-0.3, -0.25) is 4.79 Å². The molecule has 0 aliphatic carbocycles. The van der Waals surface area contributed by atoms with Crippen LogP contribution in [0, 0.1) is 0 Å². The van der Waals surface area contributed by atoms with E-state index in [1.165, 1.54) is 11.6 Å². The normalized spacial score (nSPS) is 10.6. The second-order valence-corrected chi connectivity index (χ2v) is 4.97. The number of rotatable bonds is 7. The monoisotopic (exact) mass is 311 g/mol. The van der Waals surface area contributed by atoms with Crippen LogP contribution >= 0.6 is 0 Å². The molecule has 0 unspecified atom stereocenters. The summed E-state index contributed by atoms with van der Waals surface area (Å²) in [7, 11) is 3.11. The molecule has 1 N–H and O–H groups in total. The van der Waals surface area contributed by atoms with E-state index < -0.39 is 0 Å². The molecule has 0 amide bonds. The Balaban J connectivity index is 2.06. The van der Waals surface area contributed by atoms with E-state index in [9.17, 15) is 4.79 Å². The lowest BCUT2D eigenvalue weighted by Crippen LogP contribution is -1.98. The largest absolute Gasteiger partial charge is 0.493 e. The van der Waals surface area contributed by atoms with E-state index in [1.54, 1.807) is 38.6 Å². The van der Waals surface area contributed by atoms with Gasteiger partial charge in [-0.1, -0.05) is 19.1 Å². The molecule has 120 valence electrons. The van der Waals surface area contributed by atoms with Gasteiger partial charge >= 0.3 is 0 Å². The number of ketones is 1. The molecule has 0 aromatic heterocycles. The molecule has 0 aliphatic heterocycles. The molecule has 0 radical (unpaired) electrons. The summed E-state index contributed by atoms with van der Waals surface area (Å²) in [6, 6.07) is 13.2. The Hall–Kier alpha value is -2.75. The maximum Gasteiger partial charge on any atom is 0.187 e. The highest BCUT2D eigenvalue weighted by molar-refractivity contribution is 6.05. The van der Waals surface area contributed by atoms with Gasteiger partial charge in [0.05, 0.1) is 14.2 Å². The lowest BCUT2D eigenvalue weighted by Gasteiger charge is -2.08. The highest BCUT2D eigenvalue weighted by atomic mass is 16.5. The molecule has 0 saturated heterocycles. The maximum absolute atomic E-state index is 12.2. The number of hydrogen-bond acceptors (Lipinski definition) is 4. The molecule has 0 fully saturated rings. The molecule has 0 heterocycles. The van der Waals surface area contributed by atoms with Gasteiger partial charge < -0.3 is 14.8 Å². The standard InChI is InChI=1S/C19H21NO3/c1-4-14-6-5-7-16(12-14)20-11-10-17(21)15-8-9-18(22-2)19(13-15)23-3/h5-13,20H,4H2,1-3H3. The fraction of sp³-hybridized carbons (Fsp3) is 0.211. The highest BCUT2D eigenvalue weighted by Gasteiger charge is 2.08. The molecule has 0 aliphatic rings. The summed E-state index contributed by atoms with van der Waals surface area (Å²) >= 11 is 0. The van der Waals surface area contributed by atoms with Gasteiger partial charge in [-0.2, -0.15) is 0 Å². The third-order valence-corrected chi connectivity index (χ3v) is 3.49. The van der Waals surface area contributed by atoms with Crippen molar-refractivity contribution in [3.63, 3.8) is 0 Å². The number of ether oxygens (including phenoxy) is 2. The van der Waals surface area contributed by atoms with Crippen molar-refractivity contribution in [1.29, 1.82) is 0 Å². The first-order valence-electron chi connectivity index (χ1n) is 7.46. The summed E-state index contributed by atoms with van der Waals surface area (Å²) in [5, 5.41) is 3.11. The maximum atomic E-state index is 12.2. The first-order chi connectivity index (χ1) is 11.2. The van der Waals surface area contributed by atoms with Gasteiger partial charge in [0.15, 0.2) is 17.3 Å². The average molecular weight is 311 g/mol. The van der Waals surface area contributed by atoms with Crippen molar-refractivity contribution in [2.45, 2.75) is 13.3 Å². The van der Waals surface area contributed by atoms with E-state index in [0.717, 1.165) is 12.1 Å². The van der Waals surface area contributed by atoms with Crippen LogP contribution in [0.2, 0.25) is 0 Å². The molecule has 2 aromatic carbocycles. The van der Waals surface area contributed by atoms with Crippen LogP contribution in [-0.2, 0) is 6.42 Å². The number of carbonyl (C=O) groups excluding carboxylic acids is 1. The van der Waals surface area contributed by atoms with Crippen LogP contribution in [0.4, 0.5) is 5.69 Å². The van der Waals surface area contributed by atoms with Crippen LogP contribution in [0.5, 0.6) is 11.5 Å². The second kappa shape index (κ2) is 8.03. The zero-order valence-electron chi connectivity index (χ0n) is 13.6. The quantitative estimate of drug-likeness (QED) is 0.618. The lowest BCUT2D eigenvalue weighted by molar-refractivity contribution is 0.104. The van der Waals surface area contributed by atoms with Gasteiger partial charge in [-0.05, 0) is 42.3 Å². The third kappa shape index (κ3) is 4.36. The minimum atomic E-state index is -0.106. The minimum Gasteiger partial charge on any atom is -0.493 e. The number of anilines is 1. The van der Waals surface area contributed by atoms with Gasteiger partial charge in [0.2, 0.25) is 0 Å². The molecule has 0 saturated carbocycles. The van der Waals surface area contributed by atoms with Gasteiger partial charge in [0.1, 0.15) is 0 Å². The number of aryl methyl sites for hydroxylation is 1. The zero-order valence-corrected chi connectivity index (χ0v) is 13.6. The Bertz CT molecular complexity index is 708. The van der Waals surface area contributed by atoms with Gasteiger partial charge in [-0.15, -0.1) is 0 Å². The first-order valence-corrected chi connectivity index (χ1v) is 7.46. The third-order valence-electron chi connectivity index (χ3n) is 3.49. The van der Waals surface area contributed by atoms with Crippen LogP contribution in [-0.4, -0.2) is 20.0 Å². The summed E-state index contributed by atoms with van der Waals surface area (Å²) in [6.07, 6.45) is 4.12. The topological polar surface area (TPSA) is 47.6 Å². The van der Waals surface area contributed by atoms with Crippen molar-refractivity contribution in [3.8, 4) is 11.5 Å². The molecule has 0 bridgehead atoms. The van der Waals surface area contributed by atoms with E-state index >= 15 is 0 Å².